The van der Waals surface area contributed by atoms with E-state index in [1.165, 1.54) is 148 Å². The normalized spacial score (nSPS) is 12.7. The van der Waals surface area contributed by atoms with Crippen molar-refractivity contribution in [2.45, 2.75) is 168 Å². The van der Waals surface area contributed by atoms with Crippen LogP contribution in [0.25, 0.3) is 0 Å². The molecule has 0 bridgehead atoms. The minimum Gasteiger partial charge on any atom is -0.306 e. The third kappa shape index (κ3) is 22.5. The van der Waals surface area contributed by atoms with E-state index in [1.54, 1.807) is 0 Å². The second-order valence-electron chi connectivity index (χ2n) is 9.91. The Hall–Kier alpha value is -0.0400. The summed E-state index contributed by atoms with van der Waals surface area (Å²) in [6.07, 6.45) is 33.3. The van der Waals surface area contributed by atoms with Crippen molar-refractivity contribution >= 4 is 0 Å². The predicted molar refractivity (Wildman–Crippen MR) is 135 cm³/mol. The molecular formula is C28H59N. The molecule has 1 unspecified atom stereocenters. The van der Waals surface area contributed by atoms with Crippen LogP contribution in [-0.2, 0) is 0 Å². The van der Waals surface area contributed by atoms with Crippen molar-refractivity contribution in [3.8, 4) is 0 Å². The Labute approximate surface area is 186 Å². The van der Waals surface area contributed by atoms with Crippen molar-refractivity contribution in [1.82, 2.24) is 4.90 Å². The quantitative estimate of drug-likeness (QED) is 0.143. The Kier molecular flexibility index (Phi) is 24.2. The van der Waals surface area contributed by atoms with Gasteiger partial charge in [-0.15, -0.1) is 0 Å². The van der Waals surface area contributed by atoms with Crippen LogP contribution in [0.4, 0.5) is 0 Å². The molecule has 1 nitrogen and oxygen atoms in total. The van der Waals surface area contributed by atoms with Crippen LogP contribution in [0.3, 0.4) is 0 Å². The highest BCUT2D eigenvalue weighted by atomic mass is 15.1. The molecule has 0 amide bonds. The van der Waals surface area contributed by atoms with Gasteiger partial charge in [0.25, 0.3) is 0 Å². The Balaban J connectivity index is 3.40. The van der Waals surface area contributed by atoms with Gasteiger partial charge in [0.1, 0.15) is 0 Å². The minimum absolute atomic E-state index is 0.822. The van der Waals surface area contributed by atoms with E-state index in [2.05, 4.69) is 32.8 Å². The summed E-state index contributed by atoms with van der Waals surface area (Å²) < 4.78 is 0. The maximum atomic E-state index is 2.49. The Morgan fingerprint density at radius 2 is 0.621 bits per heavy atom. The highest BCUT2D eigenvalue weighted by Crippen LogP contribution is 2.18. The minimum atomic E-state index is 0.822. The summed E-state index contributed by atoms with van der Waals surface area (Å²) in [5.41, 5.74) is 0. The van der Waals surface area contributed by atoms with Crippen LogP contribution in [0.1, 0.15) is 162 Å². The predicted octanol–water partition coefficient (Wildman–Crippen LogP) is 9.93. The molecule has 0 heterocycles. The van der Waals surface area contributed by atoms with Gasteiger partial charge in [0.15, 0.2) is 0 Å². The first kappa shape index (κ1) is 29.0. The Bertz CT molecular complexity index is 286. The van der Waals surface area contributed by atoms with E-state index in [0.717, 1.165) is 6.04 Å². The second-order valence-corrected chi connectivity index (χ2v) is 9.91. The highest BCUT2D eigenvalue weighted by molar-refractivity contribution is 4.67. The fourth-order valence-electron chi connectivity index (χ4n) is 4.57. The summed E-state index contributed by atoms with van der Waals surface area (Å²) in [4.78, 5) is 2.49. The SMILES string of the molecule is CCCCCCCCCCCCCCCC(CCCCCCCCCC)N(C)C. The van der Waals surface area contributed by atoms with Crippen LogP contribution in [-0.4, -0.2) is 25.0 Å². The van der Waals surface area contributed by atoms with Crippen molar-refractivity contribution in [2.75, 3.05) is 14.1 Å². The number of hydrogen-bond acceptors (Lipinski definition) is 1. The molecule has 0 aromatic heterocycles. The van der Waals surface area contributed by atoms with Crippen LogP contribution >= 0.6 is 0 Å². The lowest BCUT2D eigenvalue weighted by atomic mass is 9.99. The highest BCUT2D eigenvalue weighted by Gasteiger charge is 2.10. The molecule has 0 aromatic carbocycles. The van der Waals surface area contributed by atoms with Gasteiger partial charge >= 0.3 is 0 Å². The van der Waals surface area contributed by atoms with Gasteiger partial charge in [-0.05, 0) is 26.9 Å². The van der Waals surface area contributed by atoms with Crippen molar-refractivity contribution in [3.05, 3.63) is 0 Å². The monoisotopic (exact) mass is 409 g/mol. The van der Waals surface area contributed by atoms with E-state index < -0.39 is 0 Å². The fraction of sp³-hybridized carbons (Fsp3) is 1.00. The largest absolute Gasteiger partial charge is 0.306 e. The smallest absolute Gasteiger partial charge is 0.00891 e. The van der Waals surface area contributed by atoms with Gasteiger partial charge in [0, 0.05) is 6.04 Å². The molecule has 0 radical (unpaired) electrons. The Morgan fingerprint density at radius 3 is 0.862 bits per heavy atom. The van der Waals surface area contributed by atoms with Crippen molar-refractivity contribution in [2.24, 2.45) is 0 Å². The Morgan fingerprint density at radius 1 is 0.379 bits per heavy atom. The summed E-state index contributed by atoms with van der Waals surface area (Å²) in [6.45, 7) is 4.61. The van der Waals surface area contributed by atoms with Gasteiger partial charge in [-0.25, -0.2) is 0 Å². The summed E-state index contributed by atoms with van der Waals surface area (Å²) in [7, 11) is 4.58. The van der Waals surface area contributed by atoms with Crippen molar-refractivity contribution in [1.29, 1.82) is 0 Å². The lowest BCUT2D eigenvalue weighted by Crippen LogP contribution is -2.27. The van der Waals surface area contributed by atoms with Gasteiger partial charge in [-0.3, -0.25) is 0 Å². The maximum absolute atomic E-state index is 2.49. The van der Waals surface area contributed by atoms with E-state index in [0.29, 0.717) is 0 Å². The van der Waals surface area contributed by atoms with Crippen LogP contribution in [0, 0.1) is 0 Å². The second kappa shape index (κ2) is 24.2. The molecule has 0 saturated carbocycles. The molecule has 0 fully saturated rings. The van der Waals surface area contributed by atoms with Crippen LogP contribution in [0.15, 0.2) is 0 Å². The summed E-state index contributed by atoms with van der Waals surface area (Å²) in [5.74, 6) is 0. The van der Waals surface area contributed by atoms with Crippen molar-refractivity contribution < 1.29 is 0 Å². The molecule has 0 spiro atoms. The zero-order valence-electron chi connectivity index (χ0n) is 21.3. The van der Waals surface area contributed by atoms with E-state index >= 15 is 0 Å². The molecule has 0 aliphatic rings. The van der Waals surface area contributed by atoms with Crippen molar-refractivity contribution in [3.63, 3.8) is 0 Å². The zero-order chi connectivity index (χ0) is 21.4. The lowest BCUT2D eigenvalue weighted by molar-refractivity contribution is 0.251. The van der Waals surface area contributed by atoms with Gasteiger partial charge in [0.05, 0.1) is 0 Å². The number of rotatable bonds is 24. The van der Waals surface area contributed by atoms with E-state index in [4.69, 9.17) is 0 Å². The summed E-state index contributed by atoms with van der Waals surface area (Å²) in [6, 6.07) is 0.822. The molecule has 0 aliphatic carbocycles. The molecule has 176 valence electrons. The van der Waals surface area contributed by atoms with Crippen LogP contribution < -0.4 is 0 Å². The number of nitrogens with zero attached hydrogens (tertiary/aromatic N) is 1. The standard InChI is InChI=1S/C28H59N/c1-5-7-9-11-13-15-16-17-18-19-21-23-25-27-28(29(3)4)26-24-22-20-14-12-10-8-6-2/h28H,5-27H2,1-4H3. The third-order valence-corrected chi connectivity index (χ3v) is 6.76. The molecule has 1 atom stereocenters. The van der Waals surface area contributed by atoms with Crippen LogP contribution in [0.2, 0.25) is 0 Å². The average Bonchev–Trinajstić information content (AvgIpc) is 2.71. The average molecular weight is 410 g/mol. The van der Waals surface area contributed by atoms with E-state index in [9.17, 15) is 0 Å². The van der Waals surface area contributed by atoms with Crippen LogP contribution in [0.5, 0.6) is 0 Å². The topological polar surface area (TPSA) is 3.24 Å². The molecule has 29 heavy (non-hydrogen) atoms. The van der Waals surface area contributed by atoms with Gasteiger partial charge < -0.3 is 4.90 Å². The first-order valence-corrected chi connectivity index (χ1v) is 13.9. The van der Waals surface area contributed by atoms with Gasteiger partial charge in [-0.1, -0.05) is 149 Å². The first-order chi connectivity index (χ1) is 14.2. The molecule has 0 aliphatic heterocycles. The van der Waals surface area contributed by atoms with Gasteiger partial charge in [-0.2, -0.15) is 0 Å². The zero-order valence-corrected chi connectivity index (χ0v) is 21.3. The molecule has 0 rings (SSSR count). The molecule has 0 aromatic rings. The lowest BCUT2D eigenvalue weighted by Gasteiger charge is -2.24. The summed E-state index contributed by atoms with van der Waals surface area (Å²) in [5, 5.41) is 0. The van der Waals surface area contributed by atoms with E-state index in [1.807, 2.05) is 0 Å². The maximum Gasteiger partial charge on any atom is 0.00891 e. The third-order valence-electron chi connectivity index (χ3n) is 6.76. The van der Waals surface area contributed by atoms with Gasteiger partial charge in [0.2, 0.25) is 0 Å². The fourth-order valence-corrected chi connectivity index (χ4v) is 4.57. The first-order valence-electron chi connectivity index (χ1n) is 13.9. The molecular weight excluding hydrogens is 350 g/mol. The van der Waals surface area contributed by atoms with E-state index in [-0.39, 0.29) is 0 Å². The number of unbranched alkanes of at least 4 members (excludes halogenated alkanes) is 19. The molecule has 1 heteroatoms. The molecule has 0 saturated heterocycles. The summed E-state index contributed by atoms with van der Waals surface area (Å²) >= 11 is 0. The molecule has 0 N–H and O–H groups in total. The number of hydrogen-bond donors (Lipinski definition) is 0.